The fraction of sp³-hybridized carbons (Fsp3) is 0.467. The number of carbonyl (C=O) groups is 2. The second kappa shape index (κ2) is 6.03. The average Bonchev–Trinajstić information content (AvgIpc) is 2.86. The van der Waals surface area contributed by atoms with E-state index in [0.29, 0.717) is 19.4 Å². The van der Waals surface area contributed by atoms with E-state index in [-0.39, 0.29) is 17.2 Å². The molecule has 0 unspecified atom stereocenters. The smallest absolute Gasteiger partial charge is 0.340 e. The summed E-state index contributed by atoms with van der Waals surface area (Å²) in [6, 6.07) is 3.17. The van der Waals surface area contributed by atoms with Crippen LogP contribution in [-0.4, -0.2) is 25.5 Å². The van der Waals surface area contributed by atoms with Gasteiger partial charge in [-0.1, -0.05) is 13.3 Å². The van der Waals surface area contributed by atoms with Crippen LogP contribution in [0.4, 0.5) is 10.1 Å². The summed E-state index contributed by atoms with van der Waals surface area (Å²) in [7, 11) is 1.22. The van der Waals surface area contributed by atoms with E-state index in [9.17, 15) is 14.0 Å². The summed E-state index contributed by atoms with van der Waals surface area (Å²) in [5.74, 6) is -1.49. The highest BCUT2D eigenvalue weighted by Crippen LogP contribution is 2.29. The predicted octanol–water partition coefficient (Wildman–Crippen LogP) is 2.69. The van der Waals surface area contributed by atoms with Gasteiger partial charge in [-0.05, 0) is 30.5 Å². The Labute approximate surface area is 117 Å². The third-order valence-electron chi connectivity index (χ3n) is 3.42. The Morgan fingerprint density at radius 2 is 2.20 bits per heavy atom. The molecule has 1 aromatic rings. The van der Waals surface area contributed by atoms with Gasteiger partial charge in [0.25, 0.3) is 0 Å². The normalized spacial score (nSPS) is 14.8. The molecule has 0 spiro atoms. The average molecular weight is 279 g/mol. The van der Waals surface area contributed by atoms with Crippen LogP contribution >= 0.6 is 0 Å². The van der Waals surface area contributed by atoms with Crippen LogP contribution in [0.3, 0.4) is 0 Å². The zero-order chi connectivity index (χ0) is 14.7. The van der Waals surface area contributed by atoms with Crippen molar-refractivity contribution in [2.24, 2.45) is 0 Å². The van der Waals surface area contributed by atoms with Gasteiger partial charge in [-0.15, -0.1) is 0 Å². The number of rotatable bonds is 4. The van der Waals surface area contributed by atoms with E-state index in [0.717, 1.165) is 18.4 Å². The molecule has 5 heteroatoms. The third kappa shape index (κ3) is 2.66. The zero-order valence-corrected chi connectivity index (χ0v) is 11.7. The van der Waals surface area contributed by atoms with Crippen molar-refractivity contribution in [1.82, 2.24) is 0 Å². The number of aryl methyl sites for hydroxylation is 1. The number of anilines is 1. The van der Waals surface area contributed by atoms with Gasteiger partial charge >= 0.3 is 5.97 Å². The molecular weight excluding hydrogens is 261 g/mol. The lowest BCUT2D eigenvalue weighted by molar-refractivity contribution is -0.117. The number of benzene rings is 1. The van der Waals surface area contributed by atoms with Crippen LogP contribution in [0.15, 0.2) is 12.1 Å². The van der Waals surface area contributed by atoms with Crippen LogP contribution in [0.25, 0.3) is 0 Å². The van der Waals surface area contributed by atoms with Crippen LogP contribution in [0.1, 0.15) is 42.1 Å². The molecule has 0 aromatic heterocycles. The first kappa shape index (κ1) is 14.5. The van der Waals surface area contributed by atoms with Gasteiger partial charge < -0.3 is 9.64 Å². The molecule has 4 nitrogen and oxygen atoms in total. The van der Waals surface area contributed by atoms with Gasteiger partial charge in [0.05, 0.1) is 18.4 Å². The maximum absolute atomic E-state index is 14.5. The molecule has 20 heavy (non-hydrogen) atoms. The molecule has 1 aromatic carbocycles. The van der Waals surface area contributed by atoms with Gasteiger partial charge in [0, 0.05) is 13.0 Å². The molecule has 1 heterocycles. The molecule has 1 fully saturated rings. The molecule has 0 radical (unpaired) electrons. The van der Waals surface area contributed by atoms with E-state index in [4.69, 9.17) is 0 Å². The number of halogens is 1. The highest BCUT2D eigenvalue weighted by molar-refractivity contribution is 5.98. The molecular formula is C15H18FNO3. The molecule has 0 N–H and O–H groups in total. The number of hydrogen-bond donors (Lipinski definition) is 0. The minimum absolute atomic E-state index is 0.103. The Kier molecular flexibility index (Phi) is 4.37. The lowest BCUT2D eigenvalue weighted by atomic mass is 10.0. The lowest BCUT2D eigenvalue weighted by Gasteiger charge is -2.19. The quantitative estimate of drug-likeness (QED) is 0.796. The second-order valence-corrected chi connectivity index (χ2v) is 4.87. The Hall–Kier alpha value is -1.91. The SMILES string of the molecule is CCCc1cc(C(=O)OC)c(F)c(N2CCCC2=O)c1. The summed E-state index contributed by atoms with van der Waals surface area (Å²) in [5, 5.41) is 0. The van der Waals surface area contributed by atoms with Gasteiger partial charge in [-0.2, -0.15) is 0 Å². The standard InChI is InChI=1S/C15H18FNO3/c1-3-5-10-8-11(15(19)20-2)14(16)12(9-10)17-7-4-6-13(17)18/h8-9H,3-7H2,1-2H3. The first-order valence-corrected chi connectivity index (χ1v) is 6.79. The fourth-order valence-corrected chi connectivity index (χ4v) is 2.46. The van der Waals surface area contributed by atoms with E-state index in [1.807, 2.05) is 6.92 Å². The first-order valence-electron chi connectivity index (χ1n) is 6.79. The monoisotopic (exact) mass is 279 g/mol. The highest BCUT2D eigenvalue weighted by Gasteiger charge is 2.27. The fourth-order valence-electron chi connectivity index (χ4n) is 2.46. The van der Waals surface area contributed by atoms with E-state index in [1.54, 1.807) is 6.07 Å². The van der Waals surface area contributed by atoms with Crippen molar-refractivity contribution in [3.05, 3.63) is 29.1 Å². The maximum atomic E-state index is 14.5. The van der Waals surface area contributed by atoms with E-state index in [1.165, 1.54) is 18.1 Å². The van der Waals surface area contributed by atoms with Crippen LogP contribution in [0, 0.1) is 5.82 Å². The van der Waals surface area contributed by atoms with Crippen LogP contribution in [0.2, 0.25) is 0 Å². The minimum Gasteiger partial charge on any atom is -0.465 e. The number of esters is 1. The Morgan fingerprint density at radius 3 is 2.75 bits per heavy atom. The summed E-state index contributed by atoms with van der Waals surface area (Å²) >= 11 is 0. The van der Waals surface area contributed by atoms with Crippen molar-refractivity contribution in [3.63, 3.8) is 0 Å². The maximum Gasteiger partial charge on any atom is 0.340 e. The zero-order valence-electron chi connectivity index (χ0n) is 11.7. The summed E-state index contributed by atoms with van der Waals surface area (Å²) < 4.78 is 19.1. The summed E-state index contributed by atoms with van der Waals surface area (Å²) in [6.45, 7) is 2.49. The number of carbonyl (C=O) groups excluding carboxylic acids is 2. The van der Waals surface area contributed by atoms with Gasteiger partial charge in [0.2, 0.25) is 5.91 Å². The summed E-state index contributed by atoms with van der Waals surface area (Å²) in [6.07, 6.45) is 2.73. The molecule has 1 saturated heterocycles. The molecule has 0 aliphatic carbocycles. The number of nitrogens with zero attached hydrogens (tertiary/aromatic N) is 1. The van der Waals surface area contributed by atoms with Crippen molar-refractivity contribution in [3.8, 4) is 0 Å². The summed E-state index contributed by atoms with van der Waals surface area (Å²) in [5.41, 5.74) is 0.927. The van der Waals surface area contributed by atoms with E-state index in [2.05, 4.69) is 4.74 Å². The van der Waals surface area contributed by atoms with Crippen molar-refractivity contribution in [1.29, 1.82) is 0 Å². The van der Waals surface area contributed by atoms with Crippen LogP contribution < -0.4 is 4.90 Å². The Balaban J connectivity index is 2.51. The topological polar surface area (TPSA) is 46.6 Å². The lowest BCUT2D eigenvalue weighted by Crippen LogP contribution is -2.26. The molecule has 108 valence electrons. The number of methoxy groups -OCH3 is 1. The highest BCUT2D eigenvalue weighted by atomic mass is 19.1. The molecule has 0 saturated carbocycles. The van der Waals surface area contributed by atoms with E-state index < -0.39 is 11.8 Å². The third-order valence-corrected chi connectivity index (χ3v) is 3.42. The van der Waals surface area contributed by atoms with Gasteiger partial charge in [-0.25, -0.2) is 9.18 Å². The number of hydrogen-bond acceptors (Lipinski definition) is 3. The Morgan fingerprint density at radius 1 is 1.45 bits per heavy atom. The van der Waals surface area contributed by atoms with Crippen molar-refractivity contribution in [2.45, 2.75) is 32.6 Å². The van der Waals surface area contributed by atoms with Crippen molar-refractivity contribution < 1.29 is 18.7 Å². The first-order chi connectivity index (χ1) is 9.58. The number of ether oxygens (including phenoxy) is 1. The van der Waals surface area contributed by atoms with Crippen LogP contribution in [-0.2, 0) is 16.0 Å². The minimum atomic E-state index is -0.714. The molecule has 0 bridgehead atoms. The van der Waals surface area contributed by atoms with Gasteiger partial charge in [0.1, 0.15) is 0 Å². The summed E-state index contributed by atoms with van der Waals surface area (Å²) in [4.78, 5) is 24.9. The van der Waals surface area contributed by atoms with Crippen molar-refractivity contribution in [2.75, 3.05) is 18.6 Å². The number of amides is 1. The van der Waals surface area contributed by atoms with Gasteiger partial charge in [-0.3, -0.25) is 4.79 Å². The van der Waals surface area contributed by atoms with Crippen molar-refractivity contribution >= 4 is 17.6 Å². The van der Waals surface area contributed by atoms with Gasteiger partial charge in [0.15, 0.2) is 5.82 Å². The molecule has 1 amide bonds. The van der Waals surface area contributed by atoms with Crippen LogP contribution in [0.5, 0.6) is 0 Å². The largest absolute Gasteiger partial charge is 0.465 e. The molecule has 1 aliphatic heterocycles. The van der Waals surface area contributed by atoms with E-state index >= 15 is 0 Å². The molecule has 2 rings (SSSR count). The molecule has 0 atom stereocenters. The second-order valence-electron chi connectivity index (χ2n) is 4.87. The molecule has 1 aliphatic rings. The predicted molar refractivity (Wildman–Crippen MR) is 73.3 cm³/mol. The Bertz CT molecular complexity index is 542.